The Morgan fingerprint density at radius 1 is 0.786 bits per heavy atom. The highest BCUT2D eigenvalue weighted by atomic mass is 16.8. The summed E-state index contributed by atoms with van der Waals surface area (Å²) in [6, 6.07) is 4.12. The van der Waals surface area contributed by atoms with Crippen LogP contribution in [0.5, 0.6) is 11.5 Å². The quantitative estimate of drug-likeness (QED) is 0.152. The Balaban J connectivity index is 3.20. The molecule has 3 N–H and O–H groups in total. The molecule has 4 atom stereocenters. The molecule has 1 rings (SSSR count). The lowest BCUT2D eigenvalue weighted by molar-refractivity contribution is -0.144. The maximum Gasteiger partial charge on any atom is 0.514 e. The minimum absolute atomic E-state index is 0.00970. The first-order valence-electron chi connectivity index (χ1n) is 14.0. The zero-order valence-corrected chi connectivity index (χ0v) is 26.3. The number of hydrogen-bond acceptors (Lipinski definition) is 11. The first-order valence-corrected chi connectivity index (χ1v) is 14.0. The van der Waals surface area contributed by atoms with Gasteiger partial charge in [-0.15, -0.1) is 0 Å². The third kappa shape index (κ3) is 13.0. The Morgan fingerprint density at radius 2 is 1.29 bits per heavy atom. The molecule has 0 saturated heterocycles. The number of benzene rings is 1. The van der Waals surface area contributed by atoms with E-state index in [9.17, 15) is 24.3 Å². The van der Waals surface area contributed by atoms with Crippen molar-refractivity contribution in [1.29, 1.82) is 0 Å². The number of hydrogen-bond donors (Lipinski definition) is 2. The van der Waals surface area contributed by atoms with Gasteiger partial charge in [0.25, 0.3) is 0 Å². The Morgan fingerprint density at radius 3 is 1.74 bits per heavy atom. The molecular formula is C30H47NO11. The van der Waals surface area contributed by atoms with E-state index in [0.29, 0.717) is 5.56 Å². The molecule has 0 heterocycles. The van der Waals surface area contributed by atoms with Crippen LogP contribution in [0.15, 0.2) is 18.2 Å². The van der Waals surface area contributed by atoms with E-state index in [1.807, 2.05) is 48.5 Å². The van der Waals surface area contributed by atoms with Crippen molar-refractivity contribution in [2.24, 2.45) is 23.0 Å². The number of nitrogens with two attached hydrogens (primary N) is 1. The molecule has 238 valence electrons. The molecule has 42 heavy (non-hydrogen) atoms. The van der Waals surface area contributed by atoms with Crippen molar-refractivity contribution >= 4 is 24.4 Å². The lowest BCUT2D eigenvalue weighted by Crippen LogP contribution is -2.52. The zero-order valence-electron chi connectivity index (χ0n) is 26.3. The molecular weight excluding hydrogens is 550 g/mol. The normalized spacial score (nSPS) is 15.2. The van der Waals surface area contributed by atoms with Gasteiger partial charge < -0.3 is 39.3 Å². The molecule has 0 fully saturated rings. The molecule has 0 aliphatic carbocycles. The monoisotopic (exact) mass is 597 g/mol. The van der Waals surface area contributed by atoms with E-state index < -0.39 is 48.3 Å². The predicted molar refractivity (Wildman–Crippen MR) is 153 cm³/mol. The number of carboxylic acid groups (broad SMARTS) is 1. The molecule has 0 radical (unpaired) electrons. The molecule has 0 bridgehead atoms. The van der Waals surface area contributed by atoms with Gasteiger partial charge in [-0.05, 0) is 55.7 Å². The summed E-state index contributed by atoms with van der Waals surface area (Å²) in [4.78, 5) is 49.2. The van der Waals surface area contributed by atoms with Gasteiger partial charge in [0.05, 0.1) is 6.61 Å². The van der Waals surface area contributed by atoms with Gasteiger partial charge in [-0.1, -0.05) is 54.5 Å². The fourth-order valence-electron chi connectivity index (χ4n) is 3.26. The van der Waals surface area contributed by atoms with Crippen molar-refractivity contribution in [1.82, 2.24) is 0 Å². The van der Waals surface area contributed by atoms with E-state index in [2.05, 4.69) is 0 Å². The summed E-state index contributed by atoms with van der Waals surface area (Å²) in [7, 11) is 0. The van der Waals surface area contributed by atoms with Gasteiger partial charge in [0.2, 0.25) is 0 Å². The first kappa shape index (κ1) is 36.5. The SMILES string of the molecule is CC(C)C(C)OC(=O)Oc1ccc(CC(N)(C[C@H](C)OC(=O)OCC(C)(C)C)C(=O)O)cc1OC(=O)OC(C)C(C)C. The van der Waals surface area contributed by atoms with Gasteiger partial charge in [0.1, 0.15) is 23.9 Å². The number of rotatable bonds is 13. The number of carbonyl (C=O) groups is 4. The highest BCUT2D eigenvalue weighted by molar-refractivity contribution is 5.79. The maximum absolute atomic E-state index is 12.5. The lowest BCUT2D eigenvalue weighted by Gasteiger charge is -2.28. The largest absolute Gasteiger partial charge is 0.514 e. The second-order valence-corrected chi connectivity index (χ2v) is 12.5. The molecule has 0 aliphatic rings. The standard InChI is InChI=1S/C30H47NO11/c1-17(2)20(6)39-27(35)41-23-12-11-22(13-24(23)42-28(36)40-21(7)18(3)4)15-30(31,25(32)33)14-19(5)38-26(34)37-16-29(8,9)10/h11-13,17-21H,14-16,31H2,1-10H3,(H,32,33)/t19-,20?,21?,30?/m0/s1. The summed E-state index contributed by atoms with van der Waals surface area (Å²) in [5.41, 5.74) is 4.44. The molecule has 12 nitrogen and oxygen atoms in total. The first-order chi connectivity index (χ1) is 19.2. The van der Waals surface area contributed by atoms with E-state index in [4.69, 9.17) is 34.2 Å². The third-order valence-electron chi connectivity index (χ3n) is 6.35. The molecule has 12 heteroatoms. The van der Waals surface area contributed by atoms with E-state index in [-0.39, 0.29) is 48.2 Å². The van der Waals surface area contributed by atoms with Crippen molar-refractivity contribution in [3.8, 4) is 11.5 Å². The average Bonchev–Trinajstić information content (AvgIpc) is 2.83. The van der Waals surface area contributed by atoms with Crippen molar-refractivity contribution in [3.63, 3.8) is 0 Å². The summed E-state index contributed by atoms with van der Waals surface area (Å²) < 4.78 is 31.5. The van der Waals surface area contributed by atoms with E-state index in [0.717, 1.165) is 0 Å². The molecule has 0 saturated carbocycles. The van der Waals surface area contributed by atoms with E-state index in [1.165, 1.54) is 25.1 Å². The van der Waals surface area contributed by atoms with E-state index >= 15 is 0 Å². The van der Waals surface area contributed by atoms with Crippen LogP contribution in [0.1, 0.15) is 81.2 Å². The van der Waals surface area contributed by atoms with Crippen molar-refractivity contribution < 1.29 is 52.7 Å². The summed E-state index contributed by atoms with van der Waals surface area (Å²) in [6.07, 6.45) is -5.32. The van der Waals surface area contributed by atoms with Crippen LogP contribution in [0.4, 0.5) is 14.4 Å². The van der Waals surface area contributed by atoms with Gasteiger partial charge in [-0.2, -0.15) is 0 Å². The molecule has 1 aromatic rings. The Kier molecular flexibility index (Phi) is 13.6. The minimum atomic E-state index is -1.89. The molecule has 0 spiro atoms. The van der Waals surface area contributed by atoms with Crippen LogP contribution in [0.3, 0.4) is 0 Å². The fourth-order valence-corrected chi connectivity index (χ4v) is 3.26. The summed E-state index contributed by atoms with van der Waals surface area (Å²) in [6.45, 7) is 18.1. The predicted octanol–water partition coefficient (Wildman–Crippen LogP) is 6.11. The van der Waals surface area contributed by atoms with Gasteiger partial charge in [-0.25, -0.2) is 14.4 Å². The molecule has 0 aliphatic heterocycles. The second kappa shape index (κ2) is 15.6. The molecule has 0 aromatic heterocycles. The topological polar surface area (TPSA) is 170 Å². The summed E-state index contributed by atoms with van der Waals surface area (Å²) in [5.74, 6) is -1.66. The highest BCUT2D eigenvalue weighted by Crippen LogP contribution is 2.32. The van der Waals surface area contributed by atoms with Gasteiger partial charge in [0.15, 0.2) is 11.5 Å². The summed E-state index contributed by atoms with van der Waals surface area (Å²) in [5, 5.41) is 9.97. The minimum Gasteiger partial charge on any atom is -0.480 e. The van der Waals surface area contributed by atoms with Crippen LogP contribution >= 0.6 is 0 Å². The van der Waals surface area contributed by atoms with Crippen LogP contribution in [-0.4, -0.2) is 60.0 Å². The van der Waals surface area contributed by atoms with Crippen molar-refractivity contribution in [2.45, 2.75) is 106 Å². The van der Waals surface area contributed by atoms with Crippen LogP contribution in [0.25, 0.3) is 0 Å². The second-order valence-electron chi connectivity index (χ2n) is 12.5. The number of ether oxygens (including phenoxy) is 6. The summed E-state index contributed by atoms with van der Waals surface area (Å²) >= 11 is 0. The van der Waals surface area contributed by atoms with E-state index in [1.54, 1.807) is 13.8 Å². The Hall–Kier alpha value is -3.54. The van der Waals surface area contributed by atoms with Crippen molar-refractivity contribution in [2.75, 3.05) is 6.61 Å². The van der Waals surface area contributed by atoms with Crippen molar-refractivity contribution in [3.05, 3.63) is 23.8 Å². The smallest absolute Gasteiger partial charge is 0.480 e. The van der Waals surface area contributed by atoms with Crippen LogP contribution in [-0.2, 0) is 30.2 Å². The third-order valence-corrected chi connectivity index (χ3v) is 6.35. The molecule has 0 amide bonds. The number of aliphatic carboxylic acids is 1. The van der Waals surface area contributed by atoms with Crippen LogP contribution < -0.4 is 15.2 Å². The van der Waals surface area contributed by atoms with Gasteiger partial charge >= 0.3 is 24.4 Å². The highest BCUT2D eigenvalue weighted by Gasteiger charge is 2.37. The molecule has 1 aromatic carbocycles. The Bertz CT molecular complexity index is 1080. The number of carboxylic acids is 1. The molecule has 3 unspecified atom stereocenters. The average molecular weight is 598 g/mol. The van der Waals surface area contributed by atoms with Gasteiger partial charge in [-0.3, -0.25) is 4.79 Å². The lowest BCUT2D eigenvalue weighted by atomic mass is 9.86. The van der Waals surface area contributed by atoms with Gasteiger partial charge in [0, 0.05) is 12.8 Å². The zero-order chi connectivity index (χ0) is 32.4. The maximum atomic E-state index is 12.5. The van der Waals surface area contributed by atoms with Crippen LogP contribution in [0, 0.1) is 17.3 Å². The number of carbonyl (C=O) groups excluding carboxylic acids is 3. The fraction of sp³-hybridized carbons (Fsp3) is 0.667. The Labute approximate surface area is 248 Å². The van der Waals surface area contributed by atoms with Crippen LogP contribution in [0.2, 0.25) is 0 Å².